The number of carbonyl (C=O) groups excluding carboxylic acids is 2. The molecule has 1 aromatic heterocycles. The predicted molar refractivity (Wildman–Crippen MR) is 60.1 cm³/mol. The number of carboxylic acids is 1. The molecule has 1 aromatic carbocycles. The number of H-pyrrole nitrogens is 1. The molecule has 0 atom stereocenters. The third kappa shape index (κ3) is 2.46. The van der Waals surface area contributed by atoms with Crippen LogP contribution >= 0.6 is 11.6 Å². The van der Waals surface area contributed by atoms with Crippen LogP contribution in [0.25, 0.3) is 0 Å². The van der Waals surface area contributed by atoms with Crippen molar-refractivity contribution < 1.29 is 14.7 Å². The van der Waals surface area contributed by atoms with Gasteiger partial charge in [-0.1, -0.05) is 11.6 Å². The highest BCUT2D eigenvalue weighted by molar-refractivity contribution is 6.33. The Hall–Kier alpha value is -2.41. The van der Waals surface area contributed by atoms with E-state index in [0.29, 0.717) is 0 Å². The van der Waals surface area contributed by atoms with Crippen molar-refractivity contribution in [1.82, 2.24) is 15.2 Å². The molecule has 0 aliphatic heterocycles. The molecule has 2 N–H and O–H groups in total. The first-order valence-corrected chi connectivity index (χ1v) is 5.13. The number of nitrogens with one attached hydrogen (secondary N) is 2. The largest absolute Gasteiger partial charge is 0.545 e. The first-order valence-electron chi connectivity index (χ1n) is 4.75. The van der Waals surface area contributed by atoms with Crippen LogP contribution in [0.4, 0.5) is 5.69 Å². The minimum atomic E-state index is -1.42. The Kier molecular flexibility index (Phi) is 3.24. The Morgan fingerprint density at radius 1 is 1.39 bits per heavy atom. The van der Waals surface area contributed by atoms with E-state index in [9.17, 15) is 14.7 Å². The maximum atomic E-state index is 11.6. The number of rotatable bonds is 3. The highest BCUT2D eigenvalue weighted by atomic mass is 35.5. The molecule has 0 fully saturated rings. The summed E-state index contributed by atoms with van der Waals surface area (Å²) in [4.78, 5) is 26.0. The van der Waals surface area contributed by atoms with E-state index in [-0.39, 0.29) is 22.1 Å². The fourth-order valence-electron chi connectivity index (χ4n) is 1.26. The van der Waals surface area contributed by atoms with Gasteiger partial charge in [-0.25, -0.2) is 4.98 Å². The molecule has 0 saturated heterocycles. The average Bonchev–Trinajstić information content (AvgIpc) is 2.85. The molecule has 0 unspecified atom stereocenters. The van der Waals surface area contributed by atoms with Crippen LogP contribution in [0.15, 0.2) is 24.5 Å². The number of aromatic nitrogens is 3. The molecule has 8 heteroatoms. The minimum absolute atomic E-state index is 0.0138. The third-order valence-electron chi connectivity index (χ3n) is 2.07. The monoisotopic (exact) mass is 265 g/mol. The fourth-order valence-corrected chi connectivity index (χ4v) is 1.46. The number of aromatic carboxylic acids is 1. The lowest BCUT2D eigenvalue weighted by molar-refractivity contribution is -0.255. The number of hydrogen-bond acceptors (Lipinski definition) is 5. The molecule has 0 aliphatic carbocycles. The number of amides is 1. The second-order valence-corrected chi connectivity index (χ2v) is 3.68. The molecule has 0 spiro atoms. The van der Waals surface area contributed by atoms with E-state index in [1.807, 2.05) is 0 Å². The SMILES string of the molecule is O=C(Nc1ccc(Cl)c(C(=O)[O-])c1)c1ncn[nH]1. The number of hydrogen-bond donors (Lipinski definition) is 2. The first kappa shape index (κ1) is 12.1. The Bertz CT molecular complexity index is 597. The van der Waals surface area contributed by atoms with Gasteiger partial charge in [-0.15, -0.1) is 0 Å². The van der Waals surface area contributed by atoms with Crippen molar-refractivity contribution in [1.29, 1.82) is 0 Å². The van der Waals surface area contributed by atoms with Crippen LogP contribution in [-0.2, 0) is 0 Å². The van der Waals surface area contributed by atoms with Crippen LogP contribution in [0.3, 0.4) is 0 Å². The number of carboxylic acid groups (broad SMARTS) is 1. The van der Waals surface area contributed by atoms with Gasteiger partial charge in [-0.2, -0.15) is 5.10 Å². The molecule has 0 radical (unpaired) electrons. The summed E-state index contributed by atoms with van der Waals surface area (Å²) in [7, 11) is 0. The quantitative estimate of drug-likeness (QED) is 0.816. The molecule has 0 aliphatic rings. The Morgan fingerprint density at radius 2 is 2.17 bits per heavy atom. The average molecular weight is 266 g/mol. The van der Waals surface area contributed by atoms with Crippen molar-refractivity contribution in [2.75, 3.05) is 5.32 Å². The van der Waals surface area contributed by atoms with Crippen LogP contribution in [0.1, 0.15) is 21.0 Å². The normalized spacial score (nSPS) is 10.1. The summed E-state index contributed by atoms with van der Waals surface area (Å²) in [5.74, 6) is -1.95. The van der Waals surface area contributed by atoms with Crippen LogP contribution in [0, 0.1) is 0 Å². The highest BCUT2D eigenvalue weighted by Gasteiger charge is 2.10. The summed E-state index contributed by atoms with van der Waals surface area (Å²) in [6.45, 7) is 0. The number of halogens is 1. The second-order valence-electron chi connectivity index (χ2n) is 3.27. The zero-order chi connectivity index (χ0) is 13.1. The van der Waals surface area contributed by atoms with Crippen LogP contribution in [-0.4, -0.2) is 27.1 Å². The summed E-state index contributed by atoms with van der Waals surface area (Å²) < 4.78 is 0. The number of aromatic amines is 1. The standard InChI is InChI=1S/C10H7ClN4O3/c11-7-2-1-5(3-6(7)10(17)18)14-9(16)8-12-4-13-15-8/h1-4H,(H,14,16)(H,17,18)(H,12,13,15)/p-1. The van der Waals surface area contributed by atoms with E-state index in [1.165, 1.54) is 24.5 Å². The van der Waals surface area contributed by atoms with E-state index in [2.05, 4.69) is 20.5 Å². The zero-order valence-electron chi connectivity index (χ0n) is 8.81. The number of nitrogens with zero attached hydrogens (tertiary/aromatic N) is 2. The van der Waals surface area contributed by atoms with Crippen LogP contribution in [0.2, 0.25) is 5.02 Å². The van der Waals surface area contributed by atoms with Gasteiger partial charge in [-0.3, -0.25) is 9.89 Å². The minimum Gasteiger partial charge on any atom is -0.545 e. The number of benzene rings is 1. The molecule has 0 bridgehead atoms. The summed E-state index contributed by atoms with van der Waals surface area (Å²) in [5.41, 5.74) is 0.0621. The molecule has 2 rings (SSSR count). The Morgan fingerprint density at radius 3 is 2.78 bits per heavy atom. The topological polar surface area (TPSA) is 111 Å². The number of anilines is 1. The van der Waals surface area contributed by atoms with E-state index >= 15 is 0 Å². The molecule has 1 heterocycles. The molecular formula is C10H6ClN4O3-. The van der Waals surface area contributed by atoms with Gasteiger partial charge in [0.2, 0.25) is 5.82 Å². The van der Waals surface area contributed by atoms with E-state index in [4.69, 9.17) is 11.6 Å². The van der Waals surface area contributed by atoms with Crippen molar-refractivity contribution in [2.45, 2.75) is 0 Å². The van der Waals surface area contributed by atoms with E-state index < -0.39 is 11.9 Å². The summed E-state index contributed by atoms with van der Waals surface area (Å²) in [5, 5.41) is 19.1. The lowest BCUT2D eigenvalue weighted by atomic mass is 10.2. The molecule has 1 amide bonds. The van der Waals surface area contributed by atoms with E-state index in [0.717, 1.165) is 0 Å². The summed E-state index contributed by atoms with van der Waals surface area (Å²) in [6, 6.07) is 4.01. The van der Waals surface area contributed by atoms with Gasteiger partial charge in [0.05, 0.1) is 5.97 Å². The Balaban J connectivity index is 2.22. The Labute approximate surface area is 106 Å². The zero-order valence-corrected chi connectivity index (χ0v) is 9.56. The van der Waals surface area contributed by atoms with Gasteiger partial charge in [0.25, 0.3) is 5.91 Å². The van der Waals surface area contributed by atoms with Gasteiger partial charge in [-0.05, 0) is 18.2 Å². The van der Waals surface area contributed by atoms with Crippen molar-refractivity contribution in [3.05, 3.63) is 40.9 Å². The molecule has 0 saturated carbocycles. The smallest absolute Gasteiger partial charge is 0.292 e. The fraction of sp³-hybridized carbons (Fsp3) is 0. The van der Waals surface area contributed by atoms with Crippen molar-refractivity contribution in [3.63, 3.8) is 0 Å². The molecule has 92 valence electrons. The number of carbonyl (C=O) groups is 2. The highest BCUT2D eigenvalue weighted by Crippen LogP contribution is 2.20. The lowest BCUT2D eigenvalue weighted by Gasteiger charge is -2.08. The van der Waals surface area contributed by atoms with E-state index in [1.54, 1.807) is 0 Å². The summed E-state index contributed by atoms with van der Waals surface area (Å²) >= 11 is 5.67. The van der Waals surface area contributed by atoms with Crippen LogP contribution in [0.5, 0.6) is 0 Å². The van der Waals surface area contributed by atoms with Gasteiger partial charge < -0.3 is 15.2 Å². The van der Waals surface area contributed by atoms with Gasteiger partial charge in [0, 0.05) is 16.3 Å². The van der Waals surface area contributed by atoms with Gasteiger partial charge in [0.15, 0.2) is 0 Å². The molecular weight excluding hydrogens is 260 g/mol. The molecule has 7 nitrogen and oxygen atoms in total. The molecule has 18 heavy (non-hydrogen) atoms. The van der Waals surface area contributed by atoms with Gasteiger partial charge >= 0.3 is 0 Å². The third-order valence-corrected chi connectivity index (χ3v) is 2.40. The molecule has 2 aromatic rings. The van der Waals surface area contributed by atoms with Gasteiger partial charge in [0.1, 0.15) is 6.33 Å². The van der Waals surface area contributed by atoms with Crippen LogP contribution < -0.4 is 10.4 Å². The lowest BCUT2D eigenvalue weighted by Crippen LogP contribution is -2.23. The maximum absolute atomic E-state index is 11.6. The predicted octanol–water partition coefficient (Wildman–Crippen LogP) is 0.0739. The summed E-state index contributed by atoms with van der Waals surface area (Å²) in [6.07, 6.45) is 1.18. The van der Waals surface area contributed by atoms with Crippen molar-refractivity contribution in [3.8, 4) is 0 Å². The van der Waals surface area contributed by atoms with Crippen molar-refractivity contribution in [2.24, 2.45) is 0 Å². The van der Waals surface area contributed by atoms with Crippen molar-refractivity contribution >= 4 is 29.2 Å². The first-order chi connectivity index (χ1) is 8.58. The maximum Gasteiger partial charge on any atom is 0.292 e. The second kappa shape index (κ2) is 4.84.